The number of anilines is 1. The summed E-state index contributed by atoms with van der Waals surface area (Å²) in [5.74, 6) is 5.28. The topological polar surface area (TPSA) is 81.4 Å². The first-order valence-electron chi connectivity index (χ1n) is 7.89. The smallest absolute Gasteiger partial charge is 0.328 e. The number of methoxy groups -OCH3 is 1. The number of benzene rings is 2. The summed E-state index contributed by atoms with van der Waals surface area (Å²) in [4.78, 5) is 23.7. The summed E-state index contributed by atoms with van der Waals surface area (Å²) in [6.45, 7) is 1.80. The van der Waals surface area contributed by atoms with Gasteiger partial charge in [0.25, 0.3) is 5.91 Å². The van der Waals surface area contributed by atoms with Gasteiger partial charge in [0.15, 0.2) is 0 Å². The third-order valence-electron chi connectivity index (χ3n) is 3.61. The van der Waals surface area contributed by atoms with Crippen molar-refractivity contribution in [1.82, 2.24) is 5.32 Å². The largest absolute Gasteiger partial charge is 0.467 e. The highest BCUT2D eigenvalue weighted by atomic mass is 16.5. The van der Waals surface area contributed by atoms with Gasteiger partial charge in [0.2, 0.25) is 0 Å². The van der Waals surface area contributed by atoms with Gasteiger partial charge in [0.05, 0.1) is 7.11 Å². The van der Waals surface area contributed by atoms with Crippen LogP contribution in [0.1, 0.15) is 34.8 Å². The van der Waals surface area contributed by atoms with Crippen LogP contribution < -0.4 is 11.1 Å². The average molecular weight is 336 g/mol. The molecule has 0 saturated carbocycles. The Morgan fingerprint density at radius 2 is 1.56 bits per heavy atom. The van der Waals surface area contributed by atoms with Crippen LogP contribution in [0.5, 0.6) is 0 Å². The monoisotopic (exact) mass is 336 g/mol. The summed E-state index contributed by atoms with van der Waals surface area (Å²) in [5.41, 5.74) is 8.43. The van der Waals surface area contributed by atoms with Gasteiger partial charge in [-0.15, -0.1) is 0 Å². The van der Waals surface area contributed by atoms with E-state index in [1.54, 1.807) is 43.3 Å². The fraction of sp³-hybridized carbons (Fsp3) is 0.200. The molecule has 128 valence electrons. The molecule has 0 fully saturated rings. The highest BCUT2D eigenvalue weighted by molar-refractivity contribution is 5.96. The van der Waals surface area contributed by atoms with Gasteiger partial charge in [0, 0.05) is 22.4 Å². The van der Waals surface area contributed by atoms with E-state index in [0.29, 0.717) is 17.7 Å². The van der Waals surface area contributed by atoms with Crippen LogP contribution in [0, 0.1) is 11.8 Å². The molecular weight excluding hydrogens is 316 g/mol. The maximum absolute atomic E-state index is 12.2. The Morgan fingerprint density at radius 1 is 1.04 bits per heavy atom. The van der Waals surface area contributed by atoms with Crippen LogP contribution in [0.15, 0.2) is 48.5 Å². The second-order valence-corrected chi connectivity index (χ2v) is 5.41. The van der Waals surface area contributed by atoms with Crippen molar-refractivity contribution in [1.29, 1.82) is 0 Å². The van der Waals surface area contributed by atoms with Crippen molar-refractivity contribution in [3.05, 3.63) is 65.2 Å². The lowest BCUT2D eigenvalue weighted by Gasteiger charge is -2.14. The molecule has 1 unspecified atom stereocenters. The Hall–Kier alpha value is -3.26. The molecule has 3 N–H and O–H groups in total. The van der Waals surface area contributed by atoms with E-state index in [1.807, 2.05) is 12.1 Å². The van der Waals surface area contributed by atoms with Crippen molar-refractivity contribution in [3.8, 4) is 11.8 Å². The SMILES string of the molecule is CCC(NC(=O)c1ccc(C#Cc2ccc(N)cc2)cc1)C(=O)OC. The molecule has 25 heavy (non-hydrogen) atoms. The standard InChI is InChI=1S/C20H20N2O3/c1-3-18(20(24)25-2)22-19(23)16-10-6-14(7-11-16)4-5-15-8-12-17(21)13-9-15/h6-13,18H,3,21H2,1-2H3,(H,22,23). The predicted octanol–water partition coefficient (Wildman–Crippen LogP) is 2.35. The van der Waals surface area contributed by atoms with E-state index in [2.05, 4.69) is 21.9 Å². The van der Waals surface area contributed by atoms with Crippen molar-refractivity contribution >= 4 is 17.6 Å². The minimum atomic E-state index is -0.650. The fourth-order valence-electron chi connectivity index (χ4n) is 2.13. The van der Waals surface area contributed by atoms with E-state index >= 15 is 0 Å². The molecule has 0 saturated heterocycles. The zero-order valence-corrected chi connectivity index (χ0v) is 14.2. The van der Waals surface area contributed by atoms with Crippen molar-refractivity contribution in [2.75, 3.05) is 12.8 Å². The van der Waals surface area contributed by atoms with Crippen molar-refractivity contribution in [3.63, 3.8) is 0 Å². The number of carbonyl (C=O) groups excluding carboxylic acids is 2. The fourth-order valence-corrected chi connectivity index (χ4v) is 2.13. The second-order valence-electron chi connectivity index (χ2n) is 5.41. The molecule has 1 amide bonds. The molecule has 2 aromatic rings. The Bertz CT molecular complexity index is 800. The number of hydrogen-bond acceptors (Lipinski definition) is 4. The maximum Gasteiger partial charge on any atom is 0.328 e. The Kier molecular flexibility index (Phi) is 6.19. The van der Waals surface area contributed by atoms with Gasteiger partial charge in [-0.3, -0.25) is 4.79 Å². The average Bonchev–Trinajstić information content (AvgIpc) is 2.65. The zero-order valence-electron chi connectivity index (χ0n) is 14.2. The van der Waals surface area contributed by atoms with Crippen LogP contribution in [0.4, 0.5) is 5.69 Å². The van der Waals surface area contributed by atoms with Crippen molar-refractivity contribution < 1.29 is 14.3 Å². The quantitative estimate of drug-likeness (QED) is 0.510. The Labute approximate surface area is 147 Å². The van der Waals surface area contributed by atoms with E-state index in [1.165, 1.54) is 7.11 Å². The van der Waals surface area contributed by atoms with E-state index < -0.39 is 12.0 Å². The summed E-state index contributed by atoms with van der Waals surface area (Å²) in [5, 5.41) is 2.65. The third-order valence-corrected chi connectivity index (χ3v) is 3.61. The van der Waals surface area contributed by atoms with E-state index in [9.17, 15) is 9.59 Å². The number of carbonyl (C=O) groups is 2. The first kappa shape index (κ1) is 18.1. The van der Waals surface area contributed by atoms with Crippen LogP contribution >= 0.6 is 0 Å². The third kappa shape index (κ3) is 5.11. The van der Waals surface area contributed by atoms with Gasteiger partial charge in [-0.25, -0.2) is 4.79 Å². The number of hydrogen-bond donors (Lipinski definition) is 2. The van der Waals surface area contributed by atoms with Gasteiger partial charge in [-0.05, 0) is 55.0 Å². The molecule has 0 aliphatic carbocycles. The Balaban J connectivity index is 2.05. The van der Waals surface area contributed by atoms with Crippen molar-refractivity contribution in [2.45, 2.75) is 19.4 Å². The van der Waals surface area contributed by atoms with Crippen LogP contribution in [-0.2, 0) is 9.53 Å². The summed E-state index contributed by atoms with van der Waals surface area (Å²) in [7, 11) is 1.30. The number of ether oxygens (including phenoxy) is 1. The normalized spacial score (nSPS) is 11.0. The number of rotatable bonds is 4. The number of nitrogens with one attached hydrogen (secondary N) is 1. The molecule has 0 heterocycles. The number of nitrogen functional groups attached to an aromatic ring is 1. The summed E-state index contributed by atoms with van der Waals surface area (Å²) in [6.07, 6.45) is 0.462. The van der Waals surface area contributed by atoms with Crippen molar-refractivity contribution in [2.24, 2.45) is 0 Å². The first-order valence-corrected chi connectivity index (χ1v) is 7.89. The highest BCUT2D eigenvalue weighted by Gasteiger charge is 2.19. The number of amides is 1. The molecule has 0 spiro atoms. The zero-order chi connectivity index (χ0) is 18.2. The lowest BCUT2D eigenvalue weighted by molar-refractivity contribution is -0.142. The van der Waals surface area contributed by atoms with E-state index in [4.69, 9.17) is 5.73 Å². The van der Waals surface area contributed by atoms with Crippen LogP contribution in [0.3, 0.4) is 0 Å². The highest BCUT2D eigenvalue weighted by Crippen LogP contribution is 2.07. The summed E-state index contributed by atoms with van der Waals surface area (Å²) >= 11 is 0. The first-order chi connectivity index (χ1) is 12.0. The predicted molar refractivity (Wildman–Crippen MR) is 96.8 cm³/mol. The van der Waals surface area contributed by atoms with Crippen LogP contribution in [-0.4, -0.2) is 25.0 Å². The molecule has 0 radical (unpaired) electrons. The minimum absolute atomic E-state index is 0.324. The molecule has 0 bridgehead atoms. The molecule has 2 rings (SSSR count). The summed E-state index contributed by atoms with van der Waals surface area (Å²) in [6, 6.07) is 13.5. The second kappa shape index (κ2) is 8.55. The Morgan fingerprint density at radius 3 is 2.04 bits per heavy atom. The molecule has 5 heteroatoms. The number of esters is 1. The summed E-state index contributed by atoms with van der Waals surface area (Å²) < 4.78 is 4.66. The van der Waals surface area contributed by atoms with Crippen LogP contribution in [0.25, 0.3) is 0 Å². The van der Waals surface area contributed by atoms with Gasteiger partial charge < -0.3 is 15.8 Å². The van der Waals surface area contributed by atoms with Gasteiger partial charge in [0.1, 0.15) is 6.04 Å². The van der Waals surface area contributed by atoms with Crippen LogP contribution in [0.2, 0.25) is 0 Å². The van der Waals surface area contributed by atoms with Gasteiger partial charge in [-0.2, -0.15) is 0 Å². The van der Waals surface area contributed by atoms with E-state index in [0.717, 1.165) is 11.1 Å². The minimum Gasteiger partial charge on any atom is -0.467 e. The molecule has 1 atom stereocenters. The van der Waals surface area contributed by atoms with Gasteiger partial charge in [-0.1, -0.05) is 18.8 Å². The number of nitrogens with two attached hydrogens (primary N) is 1. The maximum atomic E-state index is 12.2. The van der Waals surface area contributed by atoms with E-state index in [-0.39, 0.29) is 5.91 Å². The molecule has 0 aliphatic rings. The lowest BCUT2D eigenvalue weighted by Crippen LogP contribution is -2.41. The molecule has 0 aromatic heterocycles. The molecular formula is C20H20N2O3. The van der Waals surface area contributed by atoms with Gasteiger partial charge >= 0.3 is 5.97 Å². The lowest BCUT2D eigenvalue weighted by atomic mass is 10.1. The molecule has 2 aromatic carbocycles. The molecule has 5 nitrogen and oxygen atoms in total. The molecule has 0 aliphatic heterocycles.